The molecule has 0 saturated heterocycles. The van der Waals surface area contributed by atoms with Crippen LogP contribution in [0.25, 0.3) is 16.9 Å². The highest BCUT2D eigenvalue weighted by molar-refractivity contribution is 5.95. The average molecular weight is 369 g/mol. The molecule has 0 unspecified atom stereocenters. The molecule has 0 radical (unpaired) electrons. The number of aryl methyl sites for hydroxylation is 1. The van der Waals surface area contributed by atoms with Gasteiger partial charge in [-0.2, -0.15) is 5.10 Å². The SMILES string of the molecule is CCN(CC)CCNC(=O)c1ccc(-c2cnc3ccc(C)nn23)cc1F. The molecule has 3 rings (SSSR count). The fraction of sp³-hybridized carbons (Fsp3) is 0.350. The third-order valence-electron chi connectivity index (χ3n) is 4.61. The molecule has 0 aliphatic carbocycles. The molecule has 1 N–H and O–H groups in total. The van der Waals surface area contributed by atoms with Gasteiger partial charge in [0.1, 0.15) is 5.82 Å². The van der Waals surface area contributed by atoms with Crippen LogP contribution in [0.1, 0.15) is 29.9 Å². The number of hydrogen-bond donors (Lipinski definition) is 1. The molecule has 1 amide bonds. The van der Waals surface area contributed by atoms with E-state index in [4.69, 9.17) is 0 Å². The molecule has 0 saturated carbocycles. The Hall–Kier alpha value is -2.80. The van der Waals surface area contributed by atoms with Crippen molar-refractivity contribution >= 4 is 11.6 Å². The van der Waals surface area contributed by atoms with Crippen LogP contribution in [0.15, 0.2) is 36.5 Å². The number of carbonyl (C=O) groups is 1. The average Bonchev–Trinajstić information content (AvgIpc) is 3.08. The van der Waals surface area contributed by atoms with Crippen molar-refractivity contribution in [1.29, 1.82) is 0 Å². The third kappa shape index (κ3) is 4.14. The number of amides is 1. The molecule has 2 heterocycles. The highest BCUT2D eigenvalue weighted by atomic mass is 19.1. The summed E-state index contributed by atoms with van der Waals surface area (Å²) in [6, 6.07) is 8.31. The van der Waals surface area contributed by atoms with Gasteiger partial charge in [-0.1, -0.05) is 19.9 Å². The number of rotatable bonds is 7. The van der Waals surface area contributed by atoms with E-state index in [1.54, 1.807) is 16.8 Å². The first-order valence-electron chi connectivity index (χ1n) is 9.15. The maximum absolute atomic E-state index is 14.6. The van der Waals surface area contributed by atoms with Crippen LogP contribution in [0, 0.1) is 12.7 Å². The fourth-order valence-corrected chi connectivity index (χ4v) is 2.98. The first kappa shape index (κ1) is 19.0. The number of imidazole rings is 1. The van der Waals surface area contributed by atoms with Crippen molar-refractivity contribution < 1.29 is 9.18 Å². The van der Waals surface area contributed by atoms with E-state index < -0.39 is 11.7 Å². The Morgan fingerprint density at radius 1 is 1.22 bits per heavy atom. The monoisotopic (exact) mass is 369 g/mol. The molecule has 27 heavy (non-hydrogen) atoms. The topological polar surface area (TPSA) is 62.5 Å². The summed E-state index contributed by atoms with van der Waals surface area (Å²) >= 11 is 0. The number of nitrogens with one attached hydrogen (secondary N) is 1. The Labute approximate surface area is 158 Å². The van der Waals surface area contributed by atoms with Gasteiger partial charge in [-0.3, -0.25) is 4.79 Å². The van der Waals surface area contributed by atoms with Gasteiger partial charge < -0.3 is 10.2 Å². The lowest BCUT2D eigenvalue weighted by atomic mass is 10.1. The van der Waals surface area contributed by atoms with Gasteiger partial charge in [-0.25, -0.2) is 13.9 Å². The zero-order valence-electron chi connectivity index (χ0n) is 15.9. The Bertz CT molecular complexity index is 949. The molecule has 0 fully saturated rings. The second-order valence-corrected chi connectivity index (χ2v) is 6.37. The summed E-state index contributed by atoms with van der Waals surface area (Å²) in [5, 5.41) is 7.20. The van der Waals surface area contributed by atoms with Gasteiger partial charge in [0.25, 0.3) is 5.91 Å². The third-order valence-corrected chi connectivity index (χ3v) is 4.61. The van der Waals surface area contributed by atoms with Crippen LogP contribution >= 0.6 is 0 Å². The lowest BCUT2D eigenvalue weighted by Crippen LogP contribution is -2.35. The first-order valence-corrected chi connectivity index (χ1v) is 9.15. The minimum Gasteiger partial charge on any atom is -0.351 e. The van der Waals surface area contributed by atoms with E-state index in [1.807, 2.05) is 19.1 Å². The van der Waals surface area contributed by atoms with Gasteiger partial charge in [0, 0.05) is 18.7 Å². The summed E-state index contributed by atoms with van der Waals surface area (Å²) in [6.45, 7) is 9.09. The van der Waals surface area contributed by atoms with Crippen molar-refractivity contribution in [2.24, 2.45) is 0 Å². The number of nitrogens with zero attached hydrogens (tertiary/aromatic N) is 4. The van der Waals surface area contributed by atoms with E-state index in [0.717, 1.165) is 25.3 Å². The normalized spacial score (nSPS) is 11.3. The van der Waals surface area contributed by atoms with Crippen molar-refractivity contribution in [3.8, 4) is 11.3 Å². The molecular weight excluding hydrogens is 345 g/mol. The second-order valence-electron chi connectivity index (χ2n) is 6.37. The van der Waals surface area contributed by atoms with E-state index in [1.165, 1.54) is 12.1 Å². The van der Waals surface area contributed by atoms with Crippen LogP contribution < -0.4 is 5.32 Å². The summed E-state index contributed by atoms with van der Waals surface area (Å²) in [6.07, 6.45) is 1.65. The molecular formula is C20H24FN5O. The Kier molecular flexibility index (Phi) is 5.81. The van der Waals surface area contributed by atoms with E-state index in [2.05, 4.69) is 34.1 Å². The van der Waals surface area contributed by atoms with Crippen molar-refractivity contribution in [2.75, 3.05) is 26.2 Å². The molecule has 3 aromatic rings. The number of benzene rings is 1. The van der Waals surface area contributed by atoms with E-state index in [0.29, 0.717) is 23.4 Å². The highest BCUT2D eigenvalue weighted by Crippen LogP contribution is 2.22. The smallest absolute Gasteiger partial charge is 0.254 e. The maximum Gasteiger partial charge on any atom is 0.254 e. The highest BCUT2D eigenvalue weighted by Gasteiger charge is 2.15. The van der Waals surface area contributed by atoms with Crippen molar-refractivity contribution in [3.63, 3.8) is 0 Å². The molecule has 0 spiro atoms. The number of carbonyl (C=O) groups excluding carboxylic acids is 1. The zero-order valence-corrected chi connectivity index (χ0v) is 15.9. The second kappa shape index (κ2) is 8.26. The largest absolute Gasteiger partial charge is 0.351 e. The minimum absolute atomic E-state index is 0.0382. The fourth-order valence-electron chi connectivity index (χ4n) is 2.98. The van der Waals surface area contributed by atoms with E-state index in [-0.39, 0.29) is 5.56 Å². The standard InChI is InChI=1S/C20H24FN5O/c1-4-25(5-2)11-10-22-20(27)16-8-7-15(12-17(16)21)18-13-23-19-9-6-14(3)24-26(18)19/h6-9,12-13H,4-5,10-11H2,1-3H3,(H,22,27). The number of likely N-dealkylation sites (N-methyl/N-ethyl adjacent to an activating group) is 1. The van der Waals surface area contributed by atoms with E-state index in [9.17, 15) is 9.18 Å². The molecule has 2 aromatic heterocycles. The Balaban J connectivity index is 1.77. The predicted octanol–water partition coefficient (Wildman–Crippen LogP) is 2.92. The van der Waals surface area contributed by atoms with Gasteiger partial charge in [0.05, 0.1) is 23.1 Å². The van der Waals surface area contributed by atoms with Gasteiger partial charge in [0.2, 0.25) is 0 Å². The maximum atomic E-state index is 14.6. The van der Waals surface area contributed by atoms with E-state index >= 15 is 0 Å². The summed E-state index contributed by atoms with van der Waals surface area (Å²) in [5.74, 6) is -0.964. The Morgan fingerprint density at radius 2 is 2.00 bits per heavy atom. The Morgan fingerprint density at radius 3 is 2.70 bits per heavy atom. The van der Waals surface area contributed by atoms with Crippen LogP contribution in [0.2, 0.25) is 0 Å². The summed E-state index contributed by atoms with van der Waals surface area (Å²) in [7, 11) is 0. The molecule has 6 nitrogen and oxygen atoms in total. The molecule has 0 bridgehead atoms. The summed E-state index contributed by atoms with van der Waals surface area (Å²) < 4.78 is 16.2. The van der Waals surface area contributed by atoms with Crippen LogP contribution in [0.4, 0.5) is 4.39 Å². The quantitative estimate of drug-likeness (QED) is 0.696. The summed E-state index contributed by atoms with van der Waals surface area (Å²) in [5.41, 5.74) is 2.87. The molecule has 1 aromatic carbocycles. The molecule has 0 aliphatic heterocycles. The number of aromatic nitrogens is 3. The molecule has 0 aliphatic rings. The lowest BCUT2D eigenvalue weighted by molar-refractivity contribution is 0.0945. The van der Waals surface area contributed by atoms with Crippen LogP contribution in [0.3, 0.4) is 0 Å². The van der Waals surface area contributed by atoms with Gasteiger partial charge in [-0.15, -0.1) is 0 Å². The van der Waals surface area contributed by atoms with Crippen molar-refractivity contribution in [3.05, 3.63) is 53.6 Å². The molecule has 7 heteroatoms. The van der Waals surface area contributed by atoms with Crippen molar-refractivity contribution in [1.82, 2.24) is 24.8 Å². The minimum atomic E-state index is -0.560. The van der Waals surface area contributed by atoms with Crippen LogP contribution in [0.5, 0.6) is 0 Å². The number of halogens is 1. The lowest BCUT2D eigenvalue weighted by Gasteiger charge is -2.18. The van der Waals surface area contributed by atoms with Gasteiger partial charge in [-0.05, 0) is 44.3 Å². The van der Waals surface area contributed by atoms with Gasteiger partial charge in [0.15, 0.2) is 5.65 Å². The number of hydrogen-bond acceptors (Lipinski definition) is 4. The number of fused-ring (bicyclic) bond motifs is 1. The van der Waals surface area contributed by atoms with Crippen LogP contribution in [-0.4, -0.2) is 51.6 Å². The van der Waals surface area contributed by atoms with Crippen LogP contribution in [-0.2, 0) is 0 Å². The molecule has 142 valence electrons. The van der Waals surface area contributed by atoms with Crippen molar-refractivity contribution in [2.45, 2.75) is 20.8 Å². The summed E-state index contributed by atoms with van der Waals surface area (Å²) in [4.78, 5) is 18.8. The zero-order chi connectivity index (χ0) is 19.4. The van der Waals surface area contributed by atoms with Gasteiger partial charge >= 0.3 is 0 Å². The molecule has 0 atom stereocenters. The predicted molar refractivity (Wildman–Crippen MR) is 103 cm³/mol. The first-order chi connectivity index (χ1) is 13.0.